The summed E-state index contributed by atoms with van der Waals surface area (Å²) >= 11 is 0. The molecule has 0 saturated heterocycles. The molecule has 3 rings (SSSR count). The van der Waals surface area contributed by atoms with E-state index < -0.39 is 11.7 Å². The van der Waals surface area contributed by atoms with Gasteiger partial charge in [0, 0.05) is 12.4 Å². The highest BCUT2D eigenvalue weighted by atomic mass is 16.7. The van der Waals surface area contributed by atoms with E-state index in [1.165, 1.54) is 14.2 Å². The van der Waals surface area contributed by atoms with E-state index in [0.29, 0.717) is 17.9 Å². The van der Waals surface area contributed by atoms with Crippen LogP contribution in [0.4, 0.5) is 0 Å². The van der Waals surface area contributed by atoms with Gasteiger partial charge in [-0.15, -0.1) is 5.10 Å². The summed E-state index contributed by atoms with van der Waals surface area (Å²) < 4.78 is 17.2. The molecule has 0 radical (unpaired) electrons. The number of furan rings is 1. The summed E-state index contributed by atoms with van der Waals surface area (Å²) in [6, 6.07) is 7.15. The summed E-state index contributed by atoms with van der Waals surface area (Å²) in [7, 11) is 2.78. The SMILES string of the molecule is CCOc1cccc2cc(-c3nn(CC(=O)N(C)OC)c(=O)o3)oc12. The Labute approximate surface area is 142 Å². The van der Waals surface area contributed by atoms with Crippen LogP contribution in [-0.2, 0) is 16.2 Å². The fourth-order valence-corrected chi connectivity index (χ4v) is 2.25. The highest BCUT2D eigenvalue weighted by Crippen LogP contribution is 2.32. The lowest BCUT2D eigenvalue weighted by Gasteiger charge is -2.12. The van der Waals surface area contributed by atoms with Crippen LogP contribution in [0.2, 0.25) is 0 Å². The van der Waals surface area contributed by atoms with E-state index in [9.17, 15) is 9.59 Å². The van der Waals surface area contributed by atoms with Gasteiger partial charge in [0.2, 0.25) is 0 Å². The van der Waals surface area contributed by atoms with Crippen LogP contribution in [0.5, 0.6) is 5.75 Å². The number of benzene rings is 1. The van der Waals surface area contributed by atoms with Crippen LogP contribution in [-0.4, -0.2) is 41.5 Å². The Balaban J connectivity index is 1.94. The van der Waals surface area contributed by atoms with Crippen molar-refractivity contribution in [3.05, 3.63) is 34.8 Å². The van der Waals surface area contributed by atoms with Crippen molar-refractivity contribution in [3.63, 3.8) is 0 Å². The van der Waals surface area contributed by atoms with Gasteiger partial charge < -0.3 is 13.6 Å². The van der Waals surface area contributed by atoms with Crippen LogP contribution in [0.25, 0.3) is 22.6 Å². The van der Waals surface area contributed by atoms with E-state index in [1.54, 1.807) is 12.1 Å². The van der Waals surface area contributed by atoms with Gasteiger partial charge in [0.15, 0.2) is 17.1 Å². The monoisotopic (exact) mass is 347 g/mol. The van der Waals surface area contributed by atoms with E-state index >= 15 is 0 Å². The Morgan fingerprint density at radius 2 is 2.16 bits per heavy atom. The average Bonchev–Trinajstić information content (AvgIpc) is 3.19. The van der Waals surface area contributed by atoms with Crippen LogP contribution in [0.15, 0.2) is 37.9 Å². The molecule has 0 bridgehead atoms. The molecule has 9 nitrogen and oxygen atoms in total. The lowest BCUT2D eigenvalue weighted by molar-refractivity contribution is -0.169. The predicted molar refractivity (Wildman–Crippen MR) is 86.9 cm³/mol. The number of rotatable bonds is 6. The molecule has 0 N–H and O–H groups in total. The molecule has 25 heavy (non-hydrogen) atoms. The number of hydroxylamine groups is 2. The van der Waals surface area contributed by atoms with Crippen molar-refractivity contribution in [2.45, 2.75) is 13.5 Å². The summed E-state index contributed by atoms with van der Waals surface area (Å²) in [6.07, 6.45) is 0. The Morgan fingerprint density at radius 3 is 2.88 bits per heavy atom. The van der Waals surface area contributed by atoms with Crippen molar-refractivity contribution < 1.29 is 23.2 Å². The van der Waals surface area contributed by atoms with Gasteiger partial charge in [0.05, 0.1) is 13.7 Å². The maximum absolute atomic E-state index is 11.9. The van der Waals surface area contributed by atoms with Gasteiger partial charge in [-0.25, -0.2) is 9.86 Å². The molecule has 0 atom stereocenters. The van der Waals surface area contributed by atoms with Gasteiger partial charge in [-0.1, -0.05) is 12.1 Å². The number of aromatic nitrogens is 2. The van der Waals surface area contributed by atoms with Crippen LogP contribution < -0.4 is 10.5 Å². The molecular weight excluding hydrogens is 330 g/mol. The number of hydrogen-bond acceptors (Lipinski definition) is 7. The Morgan fingerprint density at radius 1 is 1.36 bits per heavy atom. The minimum Gasteiger partial charge on any atom is -0.490 e. The molecule has 0 fully saturated rings. The van der Waals surface area contributed by atoms with Gasteiger partial charge >= 0.3 is 5.76 Å². The lowest BCUT2D eigenvalue weighted by atomic mass is 10.2. The molecule has 0 saturated carbocycles. The zero-order valence-electron chi connectivity index (χ0n) is 14.0. The molecular formula is C16H17N3O6. The molecule has 0 aliphatic heterocycles. The van der Waals surface area contributed by atoms with Crippen molar-refractivity contribution in [2.24, 2.45) is 0 Å². The van der Waals surface area contributed by atoms with Crippen molar-refractivity contribution in [1.82, 2.24) is 14.8 Å². The molecule has 1 aromatic carbocycles. The molecule has 0 aliphatic rings. The summed E-state index contributed by atoms with van der Waals surface area (Å²) in [4.78, 5) is 28.5. The third-order valence-electron chi connectivity index (χ3n) is 3.53. The first-order chi connectivity index (χ1) is 12.0. The van der Waals surface area contributed by atoms with Crippen molar-refractivity contribution in [3.8, 4) is 17.4 Å². The zero-order chi connectivity index (χ0) is 18.0. The van der Waals surface area contributed by atoms with Gasteiger partial charge in [-0.2, -0.15) is 4.68 Å². The smallest absolute Gasteiger partial charge is 0.437 e. The van der Waals surface area contributed by atoms with Crippen LogP contribution in [0.3, 0.4) is 0 Å². The Bertz CT molecular complexity index is 954. The van der Waals surface area contributed by atoms with Gasteiger partial charge in [-0.3, -0.25) is 9.63 Å². The standard InChI is InChI=1S/C16H17N3O6/c1-4-23-11-7-5-6-10-8-12(24-14(10)11)15-17-19(16(21)25-15)9-13(20)18(2)22-3/h5-8H,4,9H2,1-3H3. The van der Waals surface area contributed by atoms with Crippen LogP contribution >= 0.6 is 0 Å². The fourth-order valence-electron chi connectivity index (χ4n) is 2.25. The molecule has 0 unspecified atom stereocenters. The maximum Gasteiger partial charge on any atom is 0.437 e. The van der Waals surface area contributed by atoms with E-state index in [2.05, 4.69) is 5.10 Å². The minimum absolute atomic E-state index is 0.0171. The van der Waals surface area contributed by atoms with Crippen LogP contribution in [0, 0.1) is 0 Å². The third kappa shape index (κ3) is 3.26. The number of amides is 1. The highest BCUT2D eigenvalue weighted by molar-refractivity contribution is 5.86. The number of likely N-dealkylation sites (N-methyl/N-ethyl adjacent to an activating group) is 1. The summed E-state index contributed by atoms with van der Waals surface area (Å²) in [5.41, 5.74) is 0.534. The van der Waals surface area contributed by atoms with E-state index in [-0.39, 0.29) is 18.2 Å². The molecule has 3 aromatic rings. The average molecular weight is 347 g/mol. The normalized spacial score (nSPS) is 11.0. The Hall–Kier alpha value is -3.07. The third-order valence-corrected chi connectivity index (χ3v) is 3.53. The number of hydrogen-bond donors (Lipinski definition) is 0. The number of para-hydroxylation sites is 1. The molecule has 0 spiro atoms. The second kappa shape index (κ2) is 6.81. The molecule has 132 valence electrons. The van der Waals surface area contributed by atoms with E-state index in [0.717, 1.165) is 15.1 Å². The molecule has 2 aromatic heterocycles. The van der Waals surface area contributed by atoms with Crippen molar-refractivity contribution >= 4 is 16.9 Å². The topological polar surface area (TPSA) is 99.9 Å². The minimum atomic E-state index is -0.765. The molecule has 2 heterocycles. The number of carbonyl (C=O) groups excluding carboxylic acids is 1. The maximum atomic E-state index is 11.9. The molecule has 9 heteroatoms. The predicted octanol–water partition coefficient (Wildman–Crippen LogP) is 1.67. The lowest BCUT2D eigenvalue weighted by Crippen LogP contribution is -2.32. The second-order valence-corrected chi connectivity index (χ2v) is 5.12. The Kier molecular flexibility index (Phi) is 4.57. The molecule has 1 amide bonds. The van der Waals surface area contributed by atoms with E-state index in [1.807, 2.05) is 19.1 Å². The number of nitrogens with zero attached hydrogens (tertiary/aromatic N) is 3. The fraction of sp³-hybridized carbons (Fsp3) is 0.312. The summed E-state index contributed by atoms with van der Waals surface area (Å²) in [5.74, 6) is -0.377. The van der Waals surface area contributed by atoms with Gasteiger partial charge in [0.1, 0.15) is 6.54 Å². The first kappa shape index (κ1) is 16.8. The van der Waals surface area contributed by atoms with Gasteiger partial charge in [0.25, 0.3) is 11.8 Å². The van der Waals surface area contributed by atoms with Crippen LogP contribution in [0.1, 0.15) is 6.92 Å². The largest absolute Gasteiger partial charge is 0.490 e. The number of ether oxygens (including phenoxy) is 1. The van der Waals surface area contributed by atoms with Crippen molar-refractivity contribution in [1.29, 1.82) is 0 Å². The van der Waals surface area contributed by atoms with E-state index in [4.69, 9.17) is 18.4 Å². The number of fused-ring (bicyclic) bond motifs is 1. The quantitative estimate of drug-likeness (QED) is 0.625. The molecule has 0 aliphatic carbocycles. The first-order valence-corrected chi connectivity index (χ1v) is 7.57. The first-order valence-electron chi connectivity index (χ1n) is 7.57. The zero-order valence-corrected chi connectivity index (χ0v) is 14.0. The van der Waals surface area contributed by atoms with Crippen molar-refractivity contribution in [2.75, 3.05) is 20.8 Å². The highest BCUT2D eigenvalue weighted by Gasteiger charge is 2.19. The summed E-state index contributed by atoms with van der Waals surface area (Å²) in [6.45, 7) is 2.06. The summed E-state index contributed by atoms with van der Waals surface area (Å²) in [5, 5.41) is 5.79. The number of carbonyl (C=O) groups is 1. The van der Waals surface area contributed by atoms with Gasteiger partial charge in [-0.05, 0) is 19.1 Å². The second-order valence-electron chi connectivity index (χ2n) is 5.12.